The minimum absolute atomic E-state index is 0.0727. The fraction of sp³-hybridized carbons (Fsp3) is 1.00. The van der Waals surface area contributed by atoms with E-state index in [0.29, 0.717) is 17.3 Å². The molecule has 0 aromatic rings. The summed E-state index contributed by atoms with van der Waals surface area (Å²) in [7, 11) is 0. The molecular weight excluding hydrogens is 206 g/mol. The lowest BCUT2D eigenvalue weighted by Gasteiger charge is -2.45. The average molecular weight is 229 g/mol. The SMILES string of the molecule is CC1SCCN([C@H]2CCCC[C@@H]2O)C1C. The van der Waals surface area contributed by atoms with Crippen LogP contribution in [0.2, 0.25) is 0 Å². The Balaban J connectivity index is 2.01. The Kier molecular flexibility index (Phi) is 3.97. The van der Waals surface area contributed by atoms with Gasteiger partial charge < -0.3 is 5.11 Å². The van der Waals surface area contributed by atoms with E-state index in [1.54, 1.807) is 0 Å². The molecule has 1 saturated carbocycles. The van der Waals surface area contributed by atoms with Gasteiger partial charge in [-0.05, 0) is 19.8 Å². The molecule has 1 N–H and O–H groups in total. The number of thioether (sulfide) groups is 1. The van der Waals surface area contributed by atoms with Crippen molar-refractivity contribution in [2.45, 2.75) is 63.0 Å². The summed E-state index contributed by atoms with van der Waals surface area (Å²) in [5.74, 6) is 1.23. The average Bonchev–Trinajstić information content (AvgIpc) is 2.23. The maximum Gasteiger partial charge on any atom is 0.0695 e. The van der Waals surface area contributed by atoms with Gasteiger partial charge in [0.25, 0.3) is 0 Å². The van der Waals surface area contributed by atoms with Crippen LogP contribution in [0.15, 0.2) is 0 Å². The first-order valence-electron chi connectivity index (χ1n) is 6.25. The van der Waals surface area contributed by atoms with Crippen LogP contribution in [0, 0.1) is 0 Å². The van der Waals surface area contributed by atoms with Crippen LogP contribution in [0.5, 0.6) is 0 Å². The zero-order valence-corrected chi connectivity index (χ0v) is 10.7. The van der Waals surface area contributed by atoms with E-state index in [-0.39, 0.29) is 6.10 Å². The molecule has 1 heterocycles. The van der Waals surface area contributed by atoms with Gasteiger partial charge in [-0.25, -0.2) is 0 Å². The lowest BCUT2D eigenvalue weighted by molar-refractivity contribution is 0.00328. The molecule has 0 bridgehead atoms. The molecule has 3 heteroatoms. The van der Waals surface area contributed by atoms with Crippen LogP contribution in [-0.4, -0.2) is 45.7 Å². The molecule has 1 aliphatic carbocycles. The summed E-state index contributed by atoms with van der Waals surface area (Å²) < 4.78 is 0. The number of hydrogen-bond donors (Lipinski definition) is 1. The van der Waals surface area contributed by atoms with Crippen molar-refractivity contribution in [3.05, 3.63) is 0 Å². The van der Waals surface area contributed by atoms with Crippen LogP contribution >= 0.6 is 11.8 Å². The second-order valence-electron chi connectivity index (χ2n) is 4.97. The number of nitrogens with zero attached hydrogens (tertiary/aromatic N) is 1. The van der Waals surface area contributed by atoms with Crippen LogP contribution in [0.4, 0.5) is 0 Å². The van der Waals surface area contributed by atoms with Gasteiger partial charge in [-0.15, -0.1) is 0 Å². The lowest BCUT2D eigenvalue weighted by Crippen LogP contribution is -2.55. The third-order valence-corrected chi connectivity index (χ3v) is 5.39. The zero-order valence-electron chi connectivity index (χ0n) is 9.85. The van der Waals surface area contributed by atoms with Crippen LogP contribution in [0.3, 0.4) is 0 Å². The van der Waals surface area contributed by atoms with Crippen molar-refractivity contribution in [2.75, 3.05) is 12.3 Å². The summed E-state index contributed by atoms with van der Waals surface area (Å²) >= 11 is 2.07. The largest absolute Gasteiger partial charge is 0.391 e. The topological polar surface area (TPSA) is 23.5 Å². The van der Waals surface area contributed by atoms with Gasteiger partial charge in [-0.3, -0.25) is 4.90 Å². The molecule has 2 aliphatic rings. The molecule has 0 spiro atoms. The molecule has 2 fully saturated rings. The third-order valence-electron chi connectivity index (χ3n) is 4.05. The van der Waals surface area contributed by atoms with E-state index in [1.165, 1.54) is 25.0 Å². The zero-order chi connectivity index (χ0) is 10.8. The van der Waals surface area contributed by atoms with Crippen LogP contribution in [0.1, 0.15) is 39.5 Å². The molecule has 0 amide bonds. The smallest absolute Gasteiger partial charge is 0.0695 e. The highest BCUT2D eigenvalue weighted by molar-refractivity contribution is 8.00. The summed E-state index contributed by atoms with van der Waals surface area (Å²) in [6.45, 7) is 5.80. The van der Waals surface area contributed by atoms with E-state index < -0.39 is 0 Å². The Hall–Kier alpha value is 0.270. The van der Waals surface area contributed by atoms with E-state index in [9.17, 15) is 5.11 Å². The maximum absolute atomic E-state index is 10.1. The van der Waals surface area contributed by atoms with E-state index in [0.717, 1.165) is 13.0 Å². The second kappa shape index (κ2) is 5.07. The summed E-state index contributed by atoms with van der Waals surface area (Å²) in [5.41, 5.74) is 0. The van der Waals surface area contributed by atoms with E-state index in [1.807, 2.05) is 0 Å². The normalized spacial score (nSPS) is 44.2. The van der Waals surface area contributed by atoms with Crippen molar-refractivity contribution >= 4 is 11.8 Å². The van der Waals surface area contributed by atoms with E-state index in [2.05, 4.69) is 30.5 Å². The number of aliphatic hydroxyl groups is 1. The Morgan fingerprint density at radius 1 is 1.20 bits per heavy atom. The molecule has 2 rings (SSSR count). The highest BCUT2D eigenvalue weighted by Gasteiger charge is 2.35. The molecule has 2 unspecified atom stereocenters. The second-order valence-corrected chi connectivity index (χ2v) is 6.46. The fourth-order valence-corrected chi connectivity index (χ4v) is 4.03. The molecule has 1 aliphatic heterocycles. The van der Waals surface area contributed by atoms with Crippen molar-refractivity contribution in [2.24, 2.45) is 0 Å². The minimum atomic E-state index is -0.0727. The van der Waals surface area contributed by atoms with Crippen molar-refractivity contribution < 1.29 is 5.11 Å². The highest BCUT2D eigenvalue weighted by Crippen LogP contribution is 2.31. The van der Waals surface area contributed by atoms with Gasteiger partial charge >= 0.3 is 0 Å². The first-order valence-corrected chi connectivity index (χ1v) is 7.30. The summed E-state index contributed by atoms with van der Waals surface area (Å²) in [6, 6.07) is 1.07. The van der Waals surface area contributed by atoms with Crippen LogP contribution in [0.25, 0.3) is 0 Å². The van der Waals surface area contributed by atoms with Crippen molar-refractivity contribution in [1.29, 1.82) is 0 Å². The van der Waals surface area contributed by atoms with Crippen molar-refractivity contribution in [3.63, 3.8) is 0 Å². The Morgan fingerprint density at radius 3 is 2.67 bits per heavy atom. The molecule has 1 saturated heterocycles. The highest BCUT2D eigenvalue weighted by atomic mass is 32.2. The predicted molar refractivity (Wildman–Crippen MR) is 66.4 cm³/mol. The Morgan fingerprint density at radius 2 is 1.93 bits per heavy atom. The summed E-state index contributed by atoms with van der Waals surface area (Å²) in [6.07, 6.45) is 4.64. The minimum Gasteiger partial charge on any atom is -0.391 e. The van der Waals surface area contributed by atoms with Gasteiger partial charge in [0, 0.05) is 29.6 Å². The van der Waals surface area contributed by atoms with Gasteiger partial charge in [0.05, 0.1) is 6.10 Å². The predicted octanol–water partition coefficient (Wildman–Crippen LogP) is 2.12. The van der Waals surface area contributed by atoms with E-state index >= 15 is 0 Å². The van der Waals surface area contributed by atoms with Crippen LogP contribution < -0.4 is 0 Å². The molecule has 0 aromatic heterocycles. The molecule has 15 heavy (non-hydrogen) atoms. The number of aliphatic hydroxyl groups excluding tert-OH is 1. The lowest BCUT2D eigenvalue weighted by atomic mass is 9.90. The summed E-state index contributed by atoms with van der Waals surface area (Å²) in [4.78, 5) is 2.56. The molecule has 4 atom stereocenters. The first kappa shape index (κ1) is 11.7. The molecular formula is C12H23NOS. The van der Waals surface area contributed by atoms with Crippen molar-refractivity contribution in [3.8, 4) is 0 Å². The Labute approximate surface area is 97.4 Å². The van der Waals surface area contributed by atoms with E-state index in [4.69, 9.17) is 0 Å². The van der Waals surface area contributed by atoms with Crippen molar-refractivity contribution in [1.82, 2.24) is 4.90 Å². The van der Waals surface area contributed by atoms with Crippen LogP contribution in [-0.2, 0) is 0 Å². The van der Waals surface area contributed by atoms with Gasteiger partial charge in [0.2, 0.25) is 0 Å². The maximum atomic E-state index is 10.1. The quantitative estimate of drug-likeness (QED) is 0.745. The standard InChI is InChI=1S/C12H23NOS/c1-9-10(2)15-8-7-13(9)11-5-3-4-6-12(11)14/h9-12,14H,3-8H2,1-2H3/t9?,10?,11-,12-/m0/s1. The third kappa shape index (κ3) is 2.51. The first-order chi connectivity index (χ1) is 7.20. The van der Waals surface area contributed by atoms with Gasteiger partial charge in [0.15, 0.2) is 0 Å². The van der Waals surface area contributed by atoms with Gasteiger partial charge in [-0.2, -0.15) is 11.8 Å². The molecule has 2 nitrogen and oxygen atoms in total. The monoisotopic (exact) mass is 229 g/mol. The molecule has 0 radical (unpaired) electrons. The fourth-order valence-electron chi connectivity index (χ4n) is 2.90. The number of hydrogen-bond acceptors (Lipinski definition) is 3. The Bertz CT molecular complexity index is 212. The van der Waals surface area contributed by atoms with Gasteiger partial charge in [0.1, 0.15) is 0 Å². The number of rotatable bonds is 1. The summed E-state index contributed by atoms with van der Waals surface area (Å²) in [5, 5.41) is 10.8. The molecule has 88 valence electrons. The van der Waals surface area contributed by atoms with Gasteiger partial charge in [-0.1, -0.05) is 19.8 Å². The molecule has 0 aromatic carbocycles.